The molecule has 19 heavy (non-hydrogen) atoms. The van der Waals surface area contributed by atoms with E-state index < -0.39 is 0 Å². The van der Waals surface area contributed by atoms with Crippen LogP contribution < -0.4 is 11.1 Å². The molecule has 4 bridgehead atoms. The second kappa shape index (κ2) is 3.95. The van der Waals surface area contributed by atoms with E-state index in [1.165, 1.54) is 32.1 Å². The van der Waals surface area contributed by atoms with Gasteiger partial charge in [0.2, 0.25) is 5.91 Å². The van der Waals surface area contributed by atoms with E-state index in [-0.39, 0.29) is 23.8 Å². The molecule has 4 saturated carbocycles. The summed E-state index contributed by atoms with van der Waals surface area (Å²) in [7, 11) is 0. The molecule has 5 rings (SSSR count). The smallest absolute Gasteiger partial charge is 0.329 e. The van der Waals surface area contributed by atoms with Gasteiger partial charge in [-0.25, -0.2) is 0 Å². The zero-order valence-electron chi connectivity index (χ0n) is 10.7. The first-order valence-corrected chi connectivity index (χ1v) is 7.09. The molecule has 0 aromatic carbocycles. The summed E-state index contributed by atoms with van der Waals surface area (Å²) in [4.78, 5) is 16.3. The van der Waals surface area contributed by atoms with E-state index in [0.717, 1.165) is 11.8 Å². The minimum Gasteiger partial charge on any atom is -0.365 e. The van der Waals surface area contributed by atoms with E-state index in [9.17, 15) is 4.79 Å². The van der Waals surface area contributed by atoms with Gasteiger partial charge >= 0.3 is 6.01 Å². The van der Waals surface area contributed by atoms with Gasteiger partial charge in [0.05, 0.1) is 0 Å². The van der Waals surface area contributed by atoms with Crippen LogP contribution in [0.1, 0.15) is 32.1 Å². The number of hydrogen-bond acceptors (Lipinski definition) is 5. The molecule has 4 fully saturated rings. The van der Waals surface area contributed by atoms with Crippen molar-refractivity contribution in [3.63, 3.8) is 0 Å². The van der Waals surface area contributed by atoms with Crippen molar-refractivity contribution in [1.82, 2.24) is 10.1 Å². The predicted octanol–water partition coefficient (Wildman–Crippen LogP) is 1.66. The van der Waals surface area contributed by atoms with Gasteiger partial charge < -0.3 is 10.3 Å². The maximum Gasteiger partial charge on any atom is 0.329 e. The molecule has 3 N–H and O–H groups in total. The van der Waals surface area contributed by atoms with Gasteiger partial charge in [-0.2, -0.15) is 4.98 Å². The summed E-state index contributed by atoms with van der Waals surface area (Å²) in [6, 6.07) is 0.122. The number of nitrogens with two attached hydrogens (primary N) is 1. The summed E-state index contributed by atoms with van der Waals surface area (Å²) in [5, 5.41) is 6.21. The third-order valence-electron chi connectivity index (χ3n) is 5.20. The molecule has 4 aliphatic carbocycles. The van der Waals surface area contributed by atoms with Crippen LogP contribution in [0.4, 0.5) is 12.0 Å². The minimum atomic E-state index is 0.0393. The van der Waals surface area contributed by atoms with Crippen molar-refractivity contribution < 1.29 is 9.32 Å². The van der Waals surface area contributed by atoms with Crippen LogP contribution in [-0.4, -0.2) is 16.0 Å². The van der Waals surface area contributed by atoms with Crippen LogP contribution in [0.5, 0.6) is 0 Å². The molecule has 102 valence electrons. The summed E-state index contributed by atoms with van der Waals surface area (Å²) in [5.41, 5.74) is 5.38. The Balaban J connectivity index is 1.51. The molecule has 0 atom stereocenters. The summed E-state index contributed by atoms with van der Waals surface area (Å²) < 4.78 is 4.86. The van der Waals surface area contributed by atoms with E-state index in [1.54, 1.807) is 0 Å². The molecule has 1 aromatic heterocycles. The number of rotatable bonds is 2. The third-order valence-corrected chi connectivity index (χ3v) is 5.20. The lowest BCUT2D eigenvalue weighted by Crippen LogP contribution is -2.49. The SMILES string of the molecule is Nc1noc(NC(=O)C2C3CC4CC(C3)CC2C4)n1. The van der Waals surface area contributed by atoms with E-state index in [1.807, 2.05) is 0 Å². The van der Waals surface area contributed by atoms with Gasteiger partial charge in [0.25, 0.3) is 5.95 Å². The van der Waals surface area contributed by atoms with Gasteiger partial charge in [0, 0.05) is 5.92 Å². The average Bonchev–Trinajstić information content (AvgIpc) is 2.73. The number of anilines is 2. The second-order valence-electron chi connectivity index (χ2n) is 6.40. The Bertz CT molecular complexity index is 484. The fourth-order valence-electron chi connectivity index (χ4n) is 4.83. The molecule has 1 aromatic rings. The molecule has 6 heteroatoms. The number of nitrogens with one attached hydrogen (secondary N) is 1. The third kappa shape index (κ3) is 1.81. The van der Waals surface area contributed by atoms with Crippen LogP contribution in [0.3, 0.4) is 0 Å². The van der Waals surface area contributed by atoms with Gasteiger partial charge in [-0.15, -0.1) is 0 Å². The normalized spacial score (nSPS) is 39.5. The Kier molecular flexibility index (Phi) is 2.34. The summed E-state index contributed by atoms with van der Waals surface area (Å²) in [5.74, 6) is 3.06. The molecule has 0 spiro atoms. The van der Waals surface area contributed by atoms with Gasteiger partial charge in [-0.05, 0) is 60.9 Å². The Morgan fingerprint density at radius 2 is 1.79 bits per heavy atom. The Labute approximate surface area is 111 Å². The Morgan fingerprint density at radius 3 is 2.32 bits per heavy atom. The second-order valence-corrected chi connectivity index (χ2v) is 6.40. The lowest BCUT2D eigenvalue weighted by Gasteiger charge is -2.53. The molecule has 0 saturated heterocycles. The van der Waals surface area contributed by atoms with Crippen molar-refractivity contribution in [2.75, 3.05) is 11.1 Å². The number of nitrogen functional groups attached to an aromatic ring is 1. The van der Waals surface area contributed by atoms with Crippen molar-refractivity contribution in [2.24, 2.45) is 29.6 Å². The molecule has 0 radical (unpaired) electrons. The van der Waals surface area contributed by atoms with Gasteiger partial charge in [-0.3, -0.25) is 10.1 Å². The molecular formula is C13H18N4O2. The summed E-state index contributed by atoms with van der Waals surface area (Å²) in [6.45, 7) is 0. The van der Waals surface area contributed by atoms with Crippen LogP contribution in [0.25, 0.3) is 0 Å². The van der Waals surface area contributed by atoms with E-state index in [0.29, 0.717) is 11.8 Å². The van der Waals surface area contributed by atoms with Crippen LogP contribution in [0.15, 0.2) is 4.52 Å². The highest BCUT2D eigenvalue weighted by Gasteiger charge is 2.50. The van der Waals surface area contributed by atoms with Crippen LogP contribution in [0.2, 0.25) is 0 Å². The number of amides is 1. The van der Waals surface area contributed by atoms with Crippen molar-refractivity contribution in [2.45, 2.75) is 32.1 Å². The minimum absolute atomic E-state index is 0.0393. The number of nitrogens with zero attached hydrogens (tertiary/aromatic N) is 2. The predicted molar refractivity (Wildman–Crippen MR) is 67.9 cm³/mol. The maximum absolute atomic E-state index is 12.4. The average molecular weight is 262 g/mol. The lowest BCUT2D eigenvalue weighted by atomic mass is 9.51. The van der Waals surface area contributed by atoms with Crippen molar-refractivity contribution in [3.05, 3.63) is 0 Å². The number of carbonyl (C=O) groups excluding carboxylic acids is 1. The first-order chi connectivity index (χ1) is 9.19. The zero-order chi connectivity index (χ0) is 13.0. The van der Waals surface area contributed by atoms with E-state index in [2.05, 4.69) is 15.5 Å². The molecule has 0 unspecified atom stereocenters. The Hall–Kier alpha value is -1.59. The summed E-state index contributed by atoms with van der Waals surface area (Å²) >= 11 is 0. The fraction of sp³-hybridized carbons (Fsp3) is 0.769. The highest BCUT2D eigenvalue weighted by molar-refractivity contribution is 5.91. The van der Waals surface area contributed by atoms with Crippen LogP contribution in [-0.2, 0) is 4.79 Å². The summed E-state index contributed by atoms with van der Waals surface area (Å²) in [6.07, 6.45) is 6.27. The number of hydrogen-bond donors (Lipinski definition) is 2. The first kappa shape index (κ1) is 11.3. The molecule has 0 aliphatic heterocycles. The van der Waals surface area contributed by atoms with Crippen LogP contribution >= 0.6 is 0 Å². The highest BCUT2D eigenvalue weighted by Crippen LogP contribution is 2.56. The van der Waals surface area contributed by atoms with Gasteiger partial charge in [0.1, 0.15) is 0 Å². The quantitative estimate of drug-likeness (QED) is 0.845. The van der Waals surface area contributed by atoms with Crippen molar-refractivity contribution in [1.29, 1.82) is 0 Å². The maximum atomic E-state index is 12.4. The molecule has 6 nitrogen and oxygen atoms in total. The van der Waals surface area contributed by atoms with Gasteiger partial charge in [0.15, 0.2) is 0 Å². The molecule has 1 amide bonds. The van der Waals surface area contributed by atoms with Crippen molar-refractivity contribution >= 4 is 17.9 Å². The van der Waals surface area contributed by atoms with Crippen LogP contribution in [0, 0.1) is 29.6 Å². The Morgan fingerprint density at radius 1 is 1.16 bits per heavy atom. The monoisotopic (exact) mass is 262 g/mol. The standard InChI is InChI=1S/C13H18N4O2/c14-12-16-13(19-17-12)15-11(18)10-8-2-6-1-7(4-8)5-9(10)3-6/h6-10H,1-5H2,(H3,14,15,16,17,18). The fourth-order valence-corrected chi connectivity index (χ4v) is 4.83. The van der Waals surface area contributed by atoms with Gasteiger partial charge in [-0.1, -0.05) is 0 Å². The van der Waals surface area contributed by atoms with Crippen molar-refractivity contribution in [3.8, 4) is 0 Å². The zero-order valence-corrected chi connectivity index (χ0v) is 10.7. The molecular weight excluding hydrogens is 244 g/mol. The highest BCUT2D eigenvalue weighted by atomic mass is 16.5. The molecule has 1 heterocycles. The number of aromatic nitrogens is 2. The topological polar surface area (TPSA) is 94.0 Å². The first-order valence-electron chi connectivity index (χ1n) is 7.09. The molecule has 4 aliphatic rings. The van der Waals surface area contributed by atoms with E-state index >= 15 is 0 Å². The van der Waals surface area contributed by atoms with E-state index in [4.69, 9.17) is 10.3 Å². The number of carbonyl (C=O) groups is 1. The largest absolute Gasteiger partial charge is 0.365 e. The lowest BCUT2D eigenvalue weighted by molar-refractivity contribution is -0.132.